The molecule has 0 bridgehead atoms. The van der Waals surface area contributed by atoms with E-state index in [1.54, 1.807) is 24.3 Å². The smallest absolute Gasteiger partial charge is 0.277 e. The van der Waals surface area contributed by atoms with Gasteiger partial charge in [-0.3, -0.25) is 46.0 Å². The normalized spacial score (nSPS) is 9.84. The number of hydrogen-bond acceptors (Lipinski definition) is 9. The number of methoxy groups -OCH3 is 1. The zero-order valence-electron chi connectivity index (χ0n) is 15.8. The first kappa shape index (κ1) is 23.0. The number of amides is 2. The van der Waals surface area contributed by atoms with Crippen molar-refractivity contribution in [1.29, 1.82) is 0 Å². The molecule has 2 rings (SSSR count). The first-order valence-electron chi connectivity index (χ1n) is 8.30. The largest absolute Gasteiger partial charge is 0.497 e. The van der Waals surface area contributed by atoms with Gasteiger partial charge in [0.1, 0.15) is 11.5 Å². The summed E-state index contributed by atoms with van der Waals surface area (Å²) in [5, 5.41) is 23.6. The van der Waals surface area contributed by atoms with Gasteiger partial charge in [-0.1, -0.05) is 0 Å². The lowest BCUT2D eigenvalue weighted by Gasteiger charge is -2.11. The van der Waals surface area contributed by atoms with E-state index >= 15 is 0 Å². The van der Waals surface area contributed by atoms with E-state index in [4.69, 9.17) is 21.7 Å². The van der Waals surface area contributed by atoms with Crippen molar-refractivity contribution in [2.75, 3.05) is 13.7 Å². The first-order valence-corrected chi connectivity index (χ1v) is 8.71. The summed E-state index contributed by atoms with van der Waals surface area (Å²) in [6.07, 6.45) is 0. The second-order valence-corrected chi connectivity index (χ2v) is 6.08. The van der Waals surface area contributed by atoms with Crippen molar-refractivity contribution in [3.8, 4) is 11.5 Å². The quantitative estimate of drug-likeness (QED) is 0.317. The molecule has 0 heterocycles. The Hall–Kier alpha value is -4.33. The molecule has 0 aliphatic heterocycles. The van der Waals surface area contributed by atoms with Crippen LogP contribution in [0.15, 0.2) is 42.5 Å². The van der Waals surface area contributed by atoms with Crippen LogP contribution in [-0.2, 0) is 4.79 Å². The Kier molecular flexibility index (Phi) is 7.74. The summed E-state index contributed by atoms with van der Waals surface area (Å²) in [6, 6.07) is 8.92. The molecular formula is C17H15N5O8S. The second kappa shape index (κ2) is 10.4. The molecule has 2 amide bonds. The van der Waals surface area contributed by atoms with Gasteiger partial charge < -0.3 is 9.47 Å². The van der Waals surface area contributed by atoms with E-state index in [-0.39, 0.29) is 17.3 Å². The maximum Gasteiger partial charge on any atom is 0.277 e. The van der Waals surface area contributed by atoms with Crippen molar-refractivity contribution in [3.05, 3.63) is 68.3 Å². The standard InChI is InChI=1S/C17H15N5O8S/c1-29-13-2-4-14(5-3-13)30-9-15(23)19-20-17(31)18-16(24)10-6-11(21(25)26)8-12(7-10)22(27)28/h2-8H,9H2,1H3,(H,19,23)(H2,18,20,24,31). The number of nitro benzene ring substituents is 2. The minimum Gasteiger partial charge on any atom is -0.497 e. The van der Waals surface area contributed by atoms with E-state index in [1.807, 2.05) is 0 Å². The van der Waals surface area contributed by atoms with Crippen LogP contribution in [0.4, 0.5) is 11.4 Å². The van der Waals surface area contributed by atoms with Gasteiger partial charge in [0.05, 0.1) is 28.6 Å². The predicted molar refractivity (Wildman–Crippen MR) is 110 cm³/mol. The zero-order valence-corrected chi connectivity index (χ0v) is 16.6. The molecule has 13 nitrogen and oxygen atoms in total. The van der Waals surface area contributed by atoms with Crippen LogP contribution in [-0.4, -0.2) is 40.5 Å². The average Bonchev–Trinajstić information content (AvgIpc) is 2.76. The number of benzene rings is 2. The number of nitrogens with zero attached hydrogens (tertiary/aromatic N) is 2. The fraction of sp³-hybridized carbons (Fsp3) is 0.118. The molecule has 2 aromatic rings. The lowest BCUT2D eigenvalue weighted by Crippen LogP contribution is -2.49. The molecule has 0 atom stereocenters. The number of hydrogen-bond donors (Lipinski definition) is 3. The van der Waals surface area contributed by atoms with Gasteiger partial charge in [0, 0.05) is 12.1 Å². The highest BCUT2D eigenvalue weighted by molar-refractivity contribution is 7.80. The molecule has 0 radical (unpaired) electrons. The van der Waals surface area contributed by atoms with Crippen LogP contribution in [0.3, 0.4) is 0 Å². The Morgan fingerprint density at radius 2 is 1.52 bits per heavy atom. The molecule has 0 aliphatic rings. The lowest BCUT2D eigenvalue weighted by atomic mass is 10.1. The highest BCUT2D eigenvalue weighted by Gasteiger charge is 2.20. The highest BCUT2D eigenvalue weighted by Crippen LogP contribution is 2.22. The van der Waals surface area contributed by atoms with Crippen LogP contribution < -0.4 is 25.6 Å². The fourth-order valence-corrected chi connectivity index (χ4v) is 2.27. The third kappa shape index (κ3) is 6.90. The van der Waals surface area contributed by atoms with Crippen LogP contribution in [0.2, 0.25) is 0 Å². The fourth-order valence-electron chi connectivity index (χ4n) is 2.13. The van der Waals surface area contributed by atoms with Gasteiger partial charge >= 0.3 is 0 Å². The zero-order chi connectivity index (χ0) is 23.0. The summed E-state index contributed by atoms with van der Waals surface area (Å²) in [4.78, 5) is 44.0. The van der Waals surface area contributed by atoms with Gasteiger partial charge in [-0.05, 0) is 36.5 Å². The predicted octanol–water partition coefficient (Wildman–Crippen LogP) is 1.23. The highest BCUT2D eigenvalue weighted by atomic mass is 32.1. The van der Waals surface area contributed by atoms with Crippen molar-refractivity contribution in [3.63, 3.8) is 0 Å². The van der Waals surface area contributed by atoms with Gasteiger partial charge in [0.15, 0.2) is 11.7 Å². The summed E-state index contributed by atoms with van der Waals surface area (Å²) in [6.45, 7) is -0.368. The maximum absolute atomic E-state index is 12.2. The van der Waals surface area contributed by atoms with E-state index in [2.05, 4.69) is 16.2 Å². The van der Waals surface area contributed by atoms with E-state index in [1.165, 1.54) is 7.11 Å². The second-order valence-electron chi connectivity index (χ2n) is 5.67. The molecule has 14 heteroatoms. The molecule has 0 spiro atoms. The Bertz CT molecular complexity index is 995. The number of nitrogens with one attached hydrogen (secondary N) is 3. The summed E-state index contributed by atoms with van der Waals surface area (Å²) in [7, 11) is 1.51. The van der Waals surface area contributed by atoms with Gasteiger partial charge in [-0.2, -0.15) is 0 Å². The number of carbonyl (C=O) groups excluding carboxylic acids is 2. The Morgan fingerprint density at radius 3 is 2.03 bits per heavy atom. The molecule has 0 unspecified atom stereocenters. The van der Waals surface area contributed by atoms with Crippen LogP contribution in [0.25, 0.3) is 0 Å². The van der Waals surface area contributed by atoms with Crippen LogP contribution in [0.1, 0.15) is 10.4 Å². The SMILES string of the molecule is COc1ccc(OCC(=O)NNC(=S)NC(=O)c2cc([N+](=O)[O-])cc([N+](=O)[O-])c2)cc1. The molecule has 2 aromatic carbocycles. The minimum atomic E-state index is -0.951. The third-order valence-corrected chi connectivity index (χ3v) is 3.76. The summed E-state index contributed by atoms with van der Waals surface area (Å²) < 4.78 is 10.3. The number of carbonyl (C=O) groups is 2. The Labute approximate surface area is 179 Å². The third-order valence-electron chi connectivity index (χ3n) is 3.56. The molecule has 0 aliphatic carbocycles. The monoisotopic (exact) mass is 449 g/mol. The van der Waals surface area contributed by atoms with Gasteiger partial charge in [-0.15, -0.1) is 0 Å². The minimum absolute atomic E-state index is 0.350. The molecule has 0 saturated carbocycles. The molecule has 0 fully saturated rings. The Balaban J connectivity index is 1.87. The summed E-state index contributed by atoms with van der Waals surface area (Å²) in [5.41, 5.74) is 2.79. The summed E-state index contributed by atoms with van der Waals surface area (Å²) in [5.74, 6) is -0.542. The van der Waals surface area contributed by atoms with Crippen LogP contribution in [0.5, 0.6) is 11.5 Å². The summed E-state index contributed by atoms with van der Waals surface area (Å²) >= 11 is 4.84. The van der Waals surface area contributed by atoms with E-state index < -0.39 is 33.0 Å². The molecule has 31 heavy (non-hydrogen) atoms. The van der Waals surface area contributed by atoms with Gasteiger partial charge in [0.2, 0.25) is 0 Å². The topological polar surface area (TPSA) is 175 Å². The van der Waals surface area contributed by atoms with E-state index in [0.29, 0.717) is 11.5 Å². The van der Waals surface area contributed by atoms with Crippen molar-refractivity contribution < 1.29 is 28.9 Å². The van der Waals surface area contributed by atoms with E-state index in [0.717, 1.165) is 18.2 Å². The lowest BCUT2D eigenvalue weighted by molar-refractivity contribution is -0.394. The number of ether oxygens (including phenoxy) is 2. The van der Waals surface area contributed by atoms with E-state index in [9.17, 15) is 29.8 Å². The van der Waals surface area contributed by atoms with Crippen molar-refractivity contribution >= 4 is 40.5 Å². The van der Waals surface area contributed by atoms with Gasteiger partial charge in [-0.25, -0.2) is 0 Å². The first-order chi connectivity index (χ1) is 14.7. The Morgan fingerprint density at radius 1 is 0.968 bits per heavy atom. The van der Waals surface area contributed by atoms with Crippen molar-refractivity contribution in [2.45, 2.75) is 0 Å². The average molecular weight is 449 g/mol. The molecule has 3 N–H and O–H groups in total. The molecule has 0 saturated heterocycles. The van der Waals surface area contributed by atoms with Gasteiger partial charge in [0.25, 0.3) is 23.2 Å². The molecular weight excluding hydrogens is 434 g/mol. The maximum atomic E-state index is 12.2. The van der Waals surface area contributed by atoms with Crippen molar-refractivity contribution in [1.82, 2.24) is 16.2 Å². The molecule has 162 valence electrons. The number of nitro groups is 2. The van der Waals surface area contributed by atoms with Crippen LogP contribution >= 0.6 is 12.2 Å². The number of hydrazine groups is 1. The van der Waals surface area contributed by atoms with Crippen molar-refractivity contribution in [2.24, 2.45) is 0 Å². The number of rotatable bonds is 7. The molecule has 0 aromatic heterocycles. The van der Waals surface area contributed by atoms with Crippen LogP contribution in [0, 0.1) is 20.2 Å². The number of thiocarbonyl (C=S) groups is 1. The number of non-ortho nitro benzene ring substituents is 2.